The molecule has 1 heterocycles. The van der Waals surface area contributed by atoms with Gasteiger partial charge in [0.05, 0.1) is 0 Å². The first-order valence-corrected chi connectivity index (χ1v) is 5.71. The number of H-pyrrole nitrogens is 1. The van der Waals surface area contributed by atoms with E-state index in [2.05, 4.69) is 15.3 Å². The highest BCUT2D eigenvalue weighted by molar-refractivity contribution is 5.56. The molecule has 0 spiro atoms. The smallest absolute Gasteiger partial charge is 0.137 e. The zero-order valence-electron chi connectivity index (χ0n) is 10.0. The highest BCUT2D eigenvalue weighted by atomic mass is 19.1. The molecular weight excluding hydrogens is 217 g/mol. The van der Waals surface area contributed by atoms with E-state index in [4.69, 9.17) is 0 Å². The molecule has 0 amide bonds. The molecule has 17 heavy (non-hydrogen) atoms. The maximum absolute atomic E-state index is 13.3. The first-order chi connectivity index (χ1) is 8.19. The van der Waals surface area contributed by atoms with Gasteiger partial charge in [0.2, 0.25) is 0 Å². The number of rotatable bonds is 4. The summed E-state index contributed by atoms with van der Waals surface area (Å²) in [5, 5.41) is 3.21. The largest absolute Gasteiger partial charge is 0.341 e. The second-order valence-corrected chi connectivity index (χ2v) is 4.05. The van der Waals surface area contributed by atoms with E-state index in [1.165, 1.54) is 12.1 Å². The average Bonchev–Trinajstić information content (AvgIpc) is 2.73. The summed E-state index contributed by atoms with van der Waals surface area (Å²) >= 11 is 0. The van der Waals surface area contributed by atoms with Crippen molar-refractivity contribution in [2.24, 2.45) is 0 Å². The van der Waals surface area contributed by atoms with Crippen molar-refractivity contribution in [3.63, 3.8) is 0 Å². The van der Waals surface area contributed by atoms with Crippen LogP contribution in [0.3, 0.4) is 0 Å². The number of imidazole rings is 1. The number of aromatic amines is 1. The maximum atomic E-state index is 13.3. The first kappa shape index (κ1) is 11.8. The van der Waals surface area contributed by atoms with Crippen LogP contribution in [0, 0.1) is 12.7 Å². The van der Waals surface area contributed by atoms with E-state index >= 15 is 0 Å². The molecule has 0 saturated carbocycles. The van der Waals surface area contributed by atoms with E-state index in [9.17, 15) is 4.39 Å². The van der Waals surface area contributed by atoms with Gasteiger partial charge in [-0.05, 0) is 37.2 Å². The number of aryl methyl sites for hydroxylation is 1. The quantitative estimate of drug-likeness (QED) is 0.852. The Morgan fingerprint density at radius 1 is 1.35 bits per heavy atom. The van der Waals surface area contributed by atoms with Gasteiger partial charge in [0.25, 0.3) is 0 Å². The Morgan fingerprint density at radius 3 is 2.88 bits per heavy atom. The van der Waals surface area contributed by atoms with Crippen LogP contribution in [0.1, 0.15) is 18.2 Å². The van der Waals surface area contributed by atoms with Crippen LogP contribution in [0.25, 0.3) is 11.4 Å². The first-order valence-electron chi connectivity index (χ1n) is 5.71. The van der Waals surface area contributed by atoms with Crippen molar-refractivity contribution in [3.8, 4) is 11.4 Å². The van der Waals surface area contributed by atoms with E-state index in [1.54, 1.807) is 6.20 Å². The van der Waals surface area contributed by atoms with Gasteiger partial charge in [-0.15, -0.1) is 0 Å². The molecule has 3 nitrogen and oxygen atoms in total. The van der Waals surface area contributed by atoms with Gasteiger partial charge in [-0.2, -0.15) is 0 Å². The van der Waals surface area contributed by atoms with Crippen LogP contribution in [0.2, 0.25) is 0 Å². The lowest BCUT2D eigenvalue weighted by Gasteiger charge is -2.00. The molecule has 0 aliphatic carbocycles. The zero-order valence-corrected chi connectivity index (χ0v) is 10.0. The third kappa shape index (κ3) is 2.91. The molecule has 1 aromatic carbocycles. The monoisotopic (exact) mass is 233 g/mol. The second kappa shape index (κ2) is 5.10. The standard InChI is InChI=1S/C13H16FN3/c1-3-15-7-12-8-16-13(17-12)10-4-9(2)5-11(14)6-10/h4-6,8,15H,3,7H2,1-2H3,(H,16,17). The molecule has 90 valence electrons. The van der Waals surface area contributed by atoms with Crippen molar-refractivity contribution >= 4 is 0 Å². The van der Waals surface area contributed by atoms with Gasteiger partial charge in [0.15, 0.2) is 0 Å². The Hall–Kier alpha value is -1.68. The molecule has 0 fully saturated rings. The van der Waals surface area contributed by atoms with Crippen molar-refractivity contribution < 1.29 is 4.39 Å². The van der Waals surface area contributed by atoms with Crippen molar-refractivity contribution in [2.45, 2.75) is 20.4 Å². The lowest BCUT2D eigenvalue weighted by Crippen LogP contribution is -2.11. The highest BCUT2D eigenvalue weighted by Crippen LogP contribution is 2.18. The molecule has 0 atom stereocenters. The second-order valence-electron chi connectivity index (χ2n) is 4.05. The summed E-state index contributed by atoms with van der Waals surface area (Å²) in [5.74, 6) is 0.477. The fourth-order valence-corrected chi connectivity index (χ4v) is 1.73. The summed E-state index contributed by atoms with van der Waals surface area (Å²) in [6, 6.07) is 4.91. The minimum Gasteiger partial charge on any atom is -0.341 e. The summed E-state index contributed by atoms with van der Waals surface area (Å²) in [6.45, 7) is 5.58. The Kier molecular flexibility index (Phi) is 3.54. The van der Waals surface area contributed by atoms with E-state index in [0.29, 0.717) is 5.82 Å². The van der Waals surface area contributed by atoms with E-state index in [1.807, 2.05) is 19.9 Å². The van der Waals surface area contributed by atoms with Crippen LogP contribution in [0.4, 0.5) is 4.39 Å². The summed E-state index contributed by atoms with van der Waals surface area (Å²) in [6.07, 6.45) is 1.78. The predicted molar refractivity (Wildman–Crippen MR) is 66.1 cm³/mol. The van der Waals surface area contributed by atoms with E-state index in [-0.39, 0.29) is 5.82 Å². The van der Waals surface area contributed by atoms with Crippen molar-refractivity contribution in [1.29, 1.82) is 0 Å². The lowest BCUT2D eigenvalue weighted by atomic mass is 10.1. The van der Waals surface area contributed by atoms with Crippen molar-refractivity contribution in [3.05, 3.63) is 41.5 Å². The predicted octanol–water partition coefficient (Wildman–Crippen LogP) is 2.63. The third-order valence-electron chi connectivity index (χ3n) is 2.51. The summed E-state index contributed by atoms with van der Waals surface area (Å²) in [5.41, 5.74) is 2.68. The number of hydrogen-bond donors (Lipinski definition) is 2. The highest BCUT2D eigenvalue weighted by Gasteiger charge is 2.05. The van der Waals surface area contributed by atoms with Gasteiger partial charge in [-0.3, -0.25) is 0 Å². The number of nitrogens with zero attached hydrogens (tertiary/aromatic N) is 1. The molecule has 0 radical (unpaired) electrons. The Labute approximate surface area is 100 Å². The minimum absolute atomic E-state index is 0.232. The molecule has 0 aliphatic heterocycles. The third-order valence-corrected chi connectivity index (χ3v) is 2.51. The number of aromatic nitrogens is 2. The van der Waals surface area contributed by atoms with E-state index in [0.717, 1.165) is 29.9 Å². The van der Waals surface area contributed by atoms with Crippen molar-refractivity contribution in [2.75, 3.05) is 6.54 Å². The molecule has 0 unspecified atom stereocenters. The van der Waals surface area contributed by atoms with Gasteiger partial charge in [0.1, 0.15) is 11.6 Å². The lowest BCUT2D eigenvalue weighted by molar-refractivity contribution is 0.627. The topological polar surface area (TPSA) is 40.7 Å². The molecule has 0 aliphatic rings. The number of nitrogens with one attached hydrogen (secondary N) is 2. The minimum atomic E-state index is -0.232. The van der Waals surface area contributed by atoms with Crippen LogP contribution in [0.5, 0.6) is 0 Å². The zero-order chi connectivity index (χ0) is 12.3. The van der Waals surface area contributed by atoms with Gasteiger partial charge >= 0.3 is 0 Å². The van der Waals surface area contributed by atoms with E-state index < -0.39 is 0 Å². The average molecular weight is 233 g/mol. The normalized spacial score (nSPS) is 10.8. The molecule has 1 aromatic heterocycles. The fourth-order valence-electron chi connectivity index (χ4n) is 1.73. The molecule has 0 bridgehead atoms. The van der Waals surface area contributed by atoms with Gasteiger partial charge in [0, 0.05) is 24.0 Å². The summed E-state index contributed by atoms with van der Waals surface area (Å²) < 4.78 is 13.3. The van der Waals surface area contributed by atoms with Gasteiger partial charge < -0.3 is 10.3 Å². The fraction of sp³-hybridized carbons (Fsp3) is 0.308. The van der Waals surface area contributed by atoms with Crippen molar-refractivity contribution in [1.82, 2.24) is 15.3 Å². The molecule has 0 saturated heterocycles. The summed E-state index contributed by atoms with van der Waals surface area (Å²) in [4.78, 5) is 7.44. The molecule has 2 N–H and O–H groups in total. The van der Waals surface area contributed by atoms with Gasteiger partial charge in [-0.25, -0.2) is 9.37 Å². The maximum Gasteiger partial charge on any atom is 0.137 e. The number of hydrogen-bond acceptors (Lipinski definition) is 2. The van der Waals surface area contributed by atoms with Crippen LogP contribution < -0.4 is 5.32 Å². The molecule has 2 rings (SSSR count). The van der Waals surface area contributed by atoms with Crippen LogP contribution >= 0.6 is 0 Å². The molecule has 4 heteroatoms. The summed E-state index contributed by atoms with van der Waals surface area (Å²) in [7, 11) is 0. The Morgan fingerprint density at radius 2 is 2.18 bits per heavy atom. The number of benzene rings is 1. The molecule has 2 aromatic rings. The Bertz CT molecular complexity index is 485. The van der Waals surface area contributed by atoms with Crippen LogP contribution in [0.15, 0.2) is 24.4 Å². The molecular formula is C13H16FN3. The van der Waals surface area contributed by atoms with Crippen LogP contribution in [-0.4, -0.2) is 16.5 Å². The SMILES string of the molecule is CCNCc1cnc(-c2cc(C)cc(F)c2)[nH]1. The van der Waals surface area contributed by atoms with Crippen LogP contribution in [-0.2, 0) is 6.54 Å². The Balaban J connectivity index is 2.24. The van der Waals surface area contributed by atoms with Gasteiger partial charge in [-0.1, -0.05) is 6.92 Å². The number of halogens is 1.